The first-order chi connectivity index (χ1) is 8.24. The molecule has 0 saturated heterocycles. The van der Waals surface area contributed by atoms with Crippen molar-refractivity contribution in [3.63, 3.8) is 0 Å². The van der Waals surface area contributed by atoms with Crippen molar-refractivity contribution in [2.75, 3.05) is 0 Å². The summed E-state index contributed by atoms with van der Waals surface area (Å²) in [5, 5.41) is 6.55. The smallest absolute Gasteiger partial charge is 0.315 e. The Morgan fingerprint density at radius 1 is 1.24 bits per heavy atom. The van der Waals surface area contributed by atoms with Crippen LogP contribution in [0.5, 0.6) is 0 Å². The molecule has 92 valence electrons. The molecule has 2 N–H and O–H groups in total. The summed E-state index contributed by atoms with van der Waals surface area (Å²) in [6, 6.07) is 7.77. The molecule has 0 radical (unpaired) electrons. The Labute approximate surface area is 107 Å². The largest absolute Gasteiger partial charge is 0.335 e. The zero-order chi connectivity index (χ0) is 12.1. The summed E-state index contributed by atoms with van der Waals surface area (Å²) >= 11 is 5.79. The molecule has 0 spiro atoms. The molecule has 0 unspecified atom stereocenters. The maximum atomic E-state index is 11.6. The van der Waals surface area contributed by atoms with Gasteiger partial charge in [0.2, 0.25) is 0 Å². The fourth-order valence-corrected chi connectivity index (χ4v) is 2.22. The van der Waals surface area contributed by atoms with Crippen molar-refractivity contribution in [1.82, 2.24) is 10.6 Å². The minimum atomic E-state index is -0.0770. The second-order valence-electron chi connectivity index (χ2n) is 4.43. The van der Waals surface area contributed by atoms with E-state index in [1.54, 1.807) is 0 Å². The van der Waals surface area contributed by atoms with Crippen LogP contribution in [0.3, 0.4) is 0 Å². The maximum Gasteiger partial charge on any atom is 0.315 e. The number of halogens is 1. The Kier molecular flexibility index (Phi) is 4.26. The average molecular weight is 253 g/mol. The van der Waals surface area contributed by atoms with Crippen molar-refractivity contribution >= 4 is 17.6 Å². The minimum absolute atomic E-state index is 0.0770. The molecule has 3 nitrogen and oxygen atoms in total. The van der Waals surface area contributed by atoms with Crippen LogP contribution in [0.1, 0.15) is 31.2 Å². The van der Waals surface area contributed by atoms with Gasteiger partial charge in [-0.25, -0.2) is 4.79 Å². The number of benzene rings is 1. The van der Waals surface area contributed by atoms with Gasteiger partial charge in [-0.05, 0) is 30.5 Å². The van der Waals surface area contributed by atoms with Gasteiger partial charge in [-0.15, -0.1) is 0 Å². The van der Waals surface area contributed by atoms with Crippen molar-refractivity contribution < 1.29 is 4.79 Å². The Morgan fingerprint density at radius 2 is 1.88 bits per heavy atom. The van der Waals surface area contributed by atoms with Crippen LogP contribution in [0.25, 0.3) is 0 Å². The van der Waals surface area contributed by atoms with Gasteiger partial charge in [-0.3, -0.25) is 0 Å². The van der Waals surface area contributed by atoms with E-state index in [1.807, 2.05) is 24.3 Å². The standard InChI is InChI=1S/C13H17ClN2O/c14-11-7-5-10(6-8-11)9-15-13(17)16-12-3-1-2-4-12/h5-8,12H,1-4,9H2,(H2,15,16,17). The van der Waals surface area contributed by atoms with E-state index in [-0.39, 0.29) is 6.03 Å². The molecule has 1 aromatic carbocycles. The van der Waals surface area contributed by atoms with Crippen LogP contribution < -0.4 is 10.6 Å². The lowest BCUT2D eigenvalue weighted by molar-refractivity contribution is 0.236. The Bertz CT molecular complexity index is 372. The zero-order valence-corrected chi connectivity index (χ0v) is 10.5. The fraction of sp³-hybridized carbons (Fsp3) is 0.462. The van der Waals surface area contributed by atoms with E-state index in [0.717, 1.165) is 18.4 Å². The molecule has 4 heteroatoms. The third-order valence-corrected chi connectivity index (χ3v) is 3.31. The molecule has 2 rings (SSSR count). The molecule has 0 atom stereocenters. The van der Waals surface area contributed by atoms with E-state index >= 15 is 0 Å². The summed E-state index contributed by atoms with van der Waals surface area (Å²) in [6.07, 6.45) is 4.66. The molecule has 1 aliphatic carbocycles. The normalized spacial score (nSPS) is 15.8. The highest BCUT2D eigenvalue weighted by molar-refractivity contribution is 6.30. The number of rotatable bonds is 3. The monoisotopic (exact) mass is 252 g/mol. The number of amides is 2. The van der Waals surface area contributed by atoms with Crippen LogP contribution >= 0.6 is 11.6 Å². The summed E-state index contributed by atoms with van der Waals surface area (Å²) in [6.45, 7) is 0.537. The molecule has 1 saturated carbocycles. The van der Waals surface area contributed by atoms with Gasteiger partial charge in [0.15, 0.2) is 0 Å². The first-order valence-corrected chi connectivity index (χ1v) is 6.40. The Hall–Kier alpha value is -1.22. The minimum Gasteiger partial charge on any atom is -0.335 e. The zero-order valence-electron chi connectivity index (χ0n) is 9.71. The number of hydrogen-bond acceptors (Lipinski definition) is 1. The third-order valence-electron chi connectivity index (χ3n) is 3.06. The summed E-state index contributed by atoms with van der Waals surface area (Å²) in [4.78, 5) is 11.6. The first-order valence-electron chi connectivity index (χ1n) is 6.03. The Morgan fingerprint density at radius 3 is 2.53 bits per heavy atom. The molecule has 0 aromatic heterocycles. The van der Waals surface area contributed by atoms with Gasteiger partial charge in [0.25, 0.3) is 0 Å². The van der Waals surface area contributed by atoms with E-state index in [1.165, 1.54) is 12.8 Å². The fourth-order valence-electron chi connectivity index (χ4n) is 2.09. The molecule has 1 aliphatic rings. The molecule has 0 bridgehead atoms. The van der Waals surface area contributed by atoms with Crippen molar-refractivity contribution in [3.8, 4) is 0 Å². The van der Waals surface area contributed by atoms with Crippen LogP contribution in [0.4, 0.5) is 4.79 Å². The Balaban J connectivity index is 1.73. The van der Waals surface area contributed by atoms with Gasteiger partial charge >= 0.3 is 6.03 Å². The van der Waals surface area contributed by atoms with Gasteiger partial charge in [0.1, 0.15) is 0 Å². The quantitative estimate of drug-likeness (QED) is 0.853. The average Bonchev–Trinajstić information content (AvgIpc) is 2.81. The van der Waals surface area contributed by atoms with Gasteiger partial charge < -0.3 is 10.6 Å². The number of carbonyl (C=O) groups is 1. The highest BCUT2D eigenvalue weighted by Gasteiger charge is 2.16. The van der Waals surface area contributed by atoms with E-state index in [2.05, 4.69) is 10.6 Å². The van der Waals surface area contributed by atoms with Crippen molar-refractivity contribution in [2.24, 2.45) is 0 Å². The predicted molar refractivity (Wildman–Crippen MR) is 69.1 cm³/mol. The maximum absolute atomic E-state index is 11.6. The second-order valence-corrected chi connectivity index (χ2v) is 4.87. The number of carbonyl (C=O) groups excluding carboxylic acids is 1. The molecule has 1 fully saturated rings. The highest BCUT2D eigenvalue weighted by atomic mass is 35.5. The molecule has 1 aromatic rings. The number of nitrogens with one attached hydrogen (secondary N) is 2. The van der Waals surface area contributed by atoms with Crippen molar-refractivity contribution in [1.29, 1.82) is 0 Å². The van der Waals surface area contributed by atoms with Crippen LogP contribution in [-0.4, -0.2) is 12.1 Å². The summed E-state index contributed by atoms with van der Waals surface area (Å²) in [5.74, 6) is 0. The van der Waals surface area contributed by atoms with E-state index in [0.29, 0.717) is 17.6 Å². The second kappa shape index (κ2) is 5.92. The summed E-state index contributed by atoms with van der Waals surface area (Å²) in [7, 11) is 0. The SMILES string of the molecule is O=C(NCc1ccc(Cl)cc1)NC1CCCC1. The lowest BCUT2D eigenvalue weighted by Gasteiger charge is -2.12. The van der Waals surface area contributed by atoms with Crippen molar-refractivity contribution in [2.45, 2.75) is 38.3 Å². The summed E-state index contributed by atoms with van der Waals surface area (Å²) in [5.41, 5.74) is 1.05. The first kappa shape index (κ1) is 12.2. The van der Waals surface area contributed by atoms with Gasteiger partial charge in [0, 0.05) is 17.6 Å². The molecule has 17 heavy (non-hydrogen) atoms. The van der Waals surface area contributed by atoms with E-state index < -0.39 is 0 Å². The van der Waals surface area contributed by atoms with Crippen LogP contribution in [0.2, 0.25) is 5.02 Å². The molecule has 0 aliphatic heterocycles. The van der Waals surface area contributed by atoms with E-state index in [9.17, 15) is 4.79 Å². The third kappa shape index (κ3) is 3.93. The molecular weight excluding hydrogens is 236 g/mol. The lowest BCUT2D eigenvalue weighted by Crippen LogP contribution is -2.40. The van der Waals surface area contributed by atoms with Crippen LogP contribution in [-0.2, 0) is 6.54 Å². The van der Waals surface area contributed by atoms with E-state index in [4.69, 9.17) is 11.6 Å². The van der Waals surface area contributed by atoms with Gasteiger partial charge in [-0.1, -0.05) is 36.6 Å². The highest BCUT2D eigenvalue weighted by Crippen LogP contribution is 2.17. The number of urea groups is 1. The van der Waals surface area contributed by atoms with Gasteiger partial charge in [-0.2, -0.15) is 0 Å². The van der Waals surface area contributed by atoms with Gasteiger partial charge in [0.05, 0.1) is 0 Å². The predicted octanol–water partition coefficient (Wildman–Crippen LogP) is 3.08. The topological polar surface area (TPSA) is 41.1 Å². The lowest BCUT2D eigenvalue weighted by atomic mass is 10.2. The van der Waals surface area contributed by atoms with Crippen LogP contribution in [0, 0.1) is 0 Å². The molecule has 0 heterocycles. The summed E-state index contributed by atoms with van der Waals surface area (Å²) < 4.78 is 0. The van der Waals surface area contributed by atoms with Crippen LogP contribution in [0.15, 0.2) is 24.3 Å². The molecule has 2 amide bonds. The molecular formula is C13H17ClN2O. The number of hydrogen-bond donors (Lipinski definition) is 2. The van der Waals surface area contributed by atoms with Crippen molar-refractivity contribution in [3.05, 3.63) is 34.9 Å².